The number of amides is 2. The second-order valence-corrected chi connectivity index (χ2v) is 5.25. The largest absolute Gasteiger partial charge is 0.466 e. The fraction of sp³-hybridized carbons (Fsp3) is 0.467. The number of carbonyl (C=O) groups excluding carboxylic acids is 2. The Balaban J connectivity index is 1.89. The topological polar surface area (TPSA) is 102 Å². The first-order chi connectivity index (χ1) is 11.0. The summed E-state index contributed by atoms with van der Waals surface area (Å²) < 4.78 is 4.99. The Morgan fingerprint density at radius 3 is 2.70 bits per heavy atom. The van der Waals surface area contributed by atoms with Gasteiger partial charge in [0, 0.05) is 30.9 Å². The Morgan fingerprint density at radius 1 is 1.39 bits per heavy atom. The molecule has 1 heterocycles. The molecule has 124 valence electrons. The lowest BCUT2D eigenvalue weighted by molar-refractivity contribution is -0.384. The Bertz CT molecular complexity index is 597. The SMILES string of the molecule is CCOC(=O)C1CCN(C(=O)Nc2cccc([N+](=O)[O-])c2)CC1. The van der Waals surface area contributed by atoms with Crippen LogP contribution in [0.2, 0.25) is 0 Å². The summed E-state index contributed by atoms with van der Waals surface area (Å²) in [6.07, 6.45) is 1.11. The molecule has 2 amide bonds. The third-order valence-electron chi connectivity index (χ3n) is 3.71. The molecule has 1 aliphatic rings. The van der Waals surface area contributed by atoms with Crippen LogP contribution in [0.1, 0.15) is 19.8 Å². The van der Waals surface area contributed by atoms with Gasteiger partial charge in [0.15, 0.2) is 0 Å². The second kappa shape index (κ2) is 7.57. The second-order valence-electron chi connectivity index (χ2n) is 5.25. The van der Waals surface area contributed by atoms with Crippen LogP contribution in [0.4, 0.5) is 16.2 Å². The molecule has 8 nitrogen and oxygen atoms in total. The molecule has 1 saturated heterocycles. The van der Waals surface area contributed by atoms with E-state index in [0.717, 1.165) is 0 Å². The molecule has 23 heavy (non-hydrogen) atoms. The van der Waals surface area contributed by atoms with E-state index in [0.29, 0.717) is 38.2 Å². The number of hydrogen-bond acceptors (Lipinski definition) is 5. The van der Waals surface area contributed by atoms with Gasteiger partial charge in [0.05, 0.1) is 17.4 Å². The molecule has 0 saturated carbocycles. The van der Waals surface area contributed by atoms with E-state index >= 15 is 0 Å². The van der Waals surface area contributed by atoms with Crippen molar-refractivity contribution in [3.05, 3.63) is 34.4 Å². The monoisotopic (exact) mass is 321 g/mol. The number of rotatable bonds is 4. The predicted octanol–water partition coefficient (Wildman–Crippen LogP) is 2.40. The molecule has 0 aliphatic carbocycles. The summed E-state index contributed by atoms with van der Waals surface area (Å²) in [6, 6.07) is 5.45. The Morgan fingerprint density at radius 2 is 2.09 bits per heavy atom. The van der Waals surface area contributed by atoms with Crippen molar-refractivity contribution in [1.82, 2.24) is 4.90 Å². The van der Waals surface area contributed by atoms with Gasteiger partial charge in [-0.3, -0.25) is 14.9 Å². The quantitative estimate of drug-likeness (QED) is 0.521. The van der Waals surface area contributed by atoms with Crippen LogP contribution < -0.4 is 5.32 Å². The molecule has 1 aliphatic heterocycles. The summed E-state index contributed by atoms with van der Waals surface area (Å²) in [5, 5.41) is 13.4. The molecule has 1 fully saturated rings. The van der Waals surface area contributed by atoms with Gasteiger partial charge in [0.2, 0.25) is 0 Å². The minimum absolute atomic E-state index is 0.0798. The maximum Gasteiger partial charge on any atom is 0.321 e. The smallest absolute Gasteiger partial charge is 0.321 e. The summed E-state index contributed by atoms with van der Waals surface area (Å²) in [5.74, 6) is -0.386. The predicted molar refractivity (Wildman–Crippen MR) is 83.0 cm³/mol. The van der Waals surface area contributed by atoms with Crippen molar-refractivity contribution in [2.75, 3.05) is 25.0 Å². The number of nitro groups is 1. The average Bonchev–Trinajstić information content (AvgIpc) is 2.55. The standard InChI is InChI=1S/C15H19N3O5/c1-2-23-14(19)11-6-8-17(9-7-11)15(20)16-12-4-3-5-13(10-12)18(21)22/h3-5,10-11H,2,6-9H2,1H3,(H,16,20). The van der Waals surface area contributed by atoms with Crippen LogP contribution in [0.5, 0.6) is 0 Å². The molecule has 0 bridgehead atoms. The Hall–Kier alpha value is -2.64. The van der Waals surface area contributed by atoms with Crippen LogP contribution in [-0.2, 0) is 9.53 Å². The molecule has 0 radical (unpaired) electrons. The lowest BCUT2D eigenvalue weighted by Crippen LogP contribution is -2.42. The number of urea groups is 1. The first kappa shape index (κ1) is 16.7. The van der Waals surface area contributed by atoms with Gasteiger partial charge in [-0.15, -0.1) is 0 Å². The van der Waals surface area contributed by atoms with Crippen molar-refractivity contribution in [2.45, 2.75) is 19.8 Å². The van der Waals surface area contributed by atoms with Crippen LogP contribution in [-0.4, -0.2) is 41.5 Å². The third kappa shape index (κ3) is 4.41. The number of anilines is 1. The lowest BCUT2D eigenvalue weighted by Gasteiger charge is -2.30. The summed E-state index contributed by atoms with van der Waals surface area (Å²) in [4.78, 5) is 35.7. The highest BCUT2D eigenvalue weighted by atomic mass is 16.6. The Labute approximate surface area is 133 Å². The van der Waals surface area contributed by atoms with Crippen molar-refractivity contribution in [3.63, 3.8) is 0 Å². The van der Waals surface area contributed by atoms with Crippen molar-refractivity contribution in [2.24, 2.45) is 5.92 Å². The van der Waals surface area contributed by atoms with Crippen molar-refractivity contribution in [1.29, 1.82) is 0 Å². The zero-order chi connectivity index (χ0) is 16.8. The minimum atomic E-state index is -0.513. The fourth-order valence-electron chi connectivity index (χ4n) is 2.48. The van der Waals surface area contributed by atoms with Crippen LogP contribution >= 0.6 is 0 Å². The normalized spacial score (nSPS) is 15.1. The number of carbonyl (C=O) groups is 2. The Kier molecular flexibility index (Phi) is 5.51. The van der Waals surface area contributed by atoms with Gasteiger partial charge in [-0.25, -0.2) is 4.79 Å². The van der Waals surface area contributed by atoms with Gasteiger partial charge in [-0.1, -0.05) is 6.07 Å². The van der Waals surface area contributed by atoms with Crippen LogP contribution in [0.25, 0.3) is 0 Å². The molecule has 1 aromatic carbocycles. The number of ether oxygens (including phenoxy) is 1. The molecule has 2 rings (SSSR count). The van der Waals surface area contributed by atoms with Crippen LogP contribution in [0.3, 0.4) is 0 Å². The van der Waals surface area contributed by atoms with E-state index in [9.17, 15) is 19.7 Å². The fourth-order valence-corrected chi connectivity index (χ4v) is 2.48. The summed E-state index contributed by atoms with van der Waals surface area (Å²) in [6.45, 7) is 3.01. The number of esters is 1. The molecule has 0 atom stereocenters. The highest BCUT2D eigenvalue weighted by Crippen LogP contribution is 2.21. The van der Waals surface area contributed by atoms with Gasteiger partial charge in [0.1, 0.15) is 0 Å². The number of hydrogen-bond donors (Lipinski definition) is 1. The number of nitrogens with zero attached hydrogens (tertiary/aromatic N) is 2. The van der Waals surface area contributed by atoms with E-state index in [1.807, 2.05) is 0 Å². The van der Waals surface area contributed by atoms with Gasteiger partial charge in [-0.05, 0) is 25.8 Å². The maximum absolute atomic E-state index is 12.2. The van der Waals surface area contributed by atoms with Gasteiger partial charge in [0.25, 0.3) is 5.69 Å². The van der Waals surface area contributed by atoms with Gasteiger partial charge >= 0.3 is 12.0 Å². The number of nitrogens with one attached hydrogen (secondary N) is 1. The zero-order valence-electron chi connectivity index (χ0n) is 12.9. The van der Waals surface area contributed by atoms with E-state index in [-0.39, 0.29) is 23.6 Å². The molecule has 1 aromatic rings. The molecular formula is C15H19N3O5. The molecule has 1 N–H and O–H groups in total. The minimum Gasteiger partial charge on any atom is -0.466 e. The first-order valence-corrected chi connectivity index (χ1v) is 7.48. The number of non-ortho nitro benzene ring substituents is 1. The van der Waals surface area contributed by atoms with Gasteiger partial charge < -0.3 is 15.0 Å². The molecule has 0 aromatic heterocycles. The lowest BCUT2D eigenvalue weighted by atomic mass is 9.97. The summed E-state index contributed by atoms with van der Waals surface area (Å²) in [5.41, 5.74) is 0.292. The van der Waals surface area contributed by atoms with E-state index in [4.69, 9.17) is 4.74 Å². The van der Waals surface area contributed by atoms with Crippen LogP contribution in [0, 0.1) is 16.0 Å². The summed E-state index contributed by atoms with van der Waals surface area (Å²) in [7, 11) is 0. The van der Waals surface area contributed by atoms with Crippen molar-refractivity contribution in [3.8, 4) is 0 Å². The highest BCUT2D eigenvalue weighted by molar-refractivity contribution is 5.89. The van der Waals surface area contributed by atoms with E-state index < -0.39 is 4.92 Å². The maximum atomic E-state index is 12.2. The van der Waals surface area contributed by atoms with E-state index in [1.165, 1.54) is 18.2 Å². The molecule has 0 unspecified atom stereocenters. The van der Waals surface area contributed by atoms with Crippen LogP contribution in [0.15, 0.2) is 24.3 Å². The number of piperidine rings is 1. The van der Waals surface area contributed by atoms with Gasteiger partial charge in [-0.2, -0.15) is 0 Å². The number of likely N-dealkylation sites (tertiary alicyclic amines) is 1. The molecule has 0 spiro atoms. The third-order valence-corrected chi connectivity index (χ3v) is 3.71. The number of nitro benzene ring substituents is 1. The zero-order valence-corrected chi connectivity index (χ0v) is 12.9. The van der Waals surface area contributed by atoms with Crippen molar-refractivity contribution >= 4 is 23.4 Å². The number of benzene rings is 1. The highest BCUT2D eigenvalue weighted by Gasteiger charge is 2.28. The first-order valence-electron chi connectivity index (χ1n) is 7.48. The molecule has 8 heteroatoms. The van der Waals surface area contributed by atoms with E-state index in [1.54, 1.807) is 17.9 Å². The summed E-state index contributed by atoms with van der Waals surface area (Å²) >= 11 is 0. The van der Waals surface area contributed by atoms with Crippen molar-refractivity contribution < 1.29 is 19.2 Å². The molecular weight excluding hydrogens is 302 g/mol. The average molecular weight is 321 g/mol. The van der Waals surface area contributed by atoms with E-state index in [2.05, 4.69) is 5.32 Å².